The number of hydrogen-bond acceptors (Lipinski definition) is 3. The van der Waals surface area contributed by atoms with Crippen molar-refractivity contribution < 1.29 is 14.4 Å². The maximum Gasteiger partial charge on any atom is 0.254 e. The zero-order chi connectivity index (χ0) is 19.4. The second-order valence-corrected chi connectivity index (χ2v) is 6.32. The van der Waals surface area contributed by atoms with Crippen LogP contribution in [0.1, 0.15) is 27.5 Å². The van der Waals surface area contributed by atoms with Crippen molar-refractivity contribution in [1.29, 1.82) is 0 Å². The normalized spacial score (nSPS) is 16.4. The summed E-state index contributed by atoms with van der Waals surface area (Å²) >= 11 is 0. The maximum absolute atomic E-state index is 13.1. The number of hydrogen-bond donors (Lipinski definition) is 2. The van der Waals surface area contributed by atoms with Crippen molar-refractivity contribution in [3.05, 3.63) is 77.9 Å². The molecule has 2 aromatic carbocycles. The Morgan fingerprint density at radius 3 is 2.56 bits per heavy atom. The first-order chi connectivity index (χ1) is 13.0. The van der Waals surface area contributed by atoms with Gasteiger partial charge in [0.25, 0.3) is 5.91 Å². The standard InChI is InChI=1S/C21H21N3O3/c1-3-18(25)23-16-10-8-15(9-11-16)21(27)24-13-12-22-20(26)19(24)17-7-5-4-6-14(17)2/h3-11,19H,1,12-13H2,2H3,(H,22,26)(H,23,25). The van der Waals surface area contributed by atoms with Crippen LogP contribution >= 0.6 is 0 Å². The van der Waals surface area contributed by atoms with Crippen LogP contribution in [0.25, 0.3) is 0 Å². The van der Waals surface area contributed by atoms with Crippen LogP contribution in [0, 0.1) is 6.92 Å². The number of nitrogens with zero attached hydrogens (tertiary/aromatic N) is 1. The molecule has 1 aliphatic rings. The number of carbonyl (C=O) groups excluding carboxylic acids is 3. The van der Waals surface area contributed by atoms with Crippen molar-refractivity contribution in [3.8, 4) is 0 Å². The van der Waals surface area contributed by atoms with E-state index >= 15 is 0 Å². The molecule has 6 heteroatoms. The smallest absolute Gasteiger partial charge is 0.254 e. The van der Waals surface area contributed by atoms with Crippen LogP contribution in [0.3, 0.4) is 0 Å². The topological polar surface area (TPSA) is 78.5 Å². The second kappa shape index (κ2) is 7.86. The van der Waals surface area contributed by atoms with Gasteiger partial charge in [-0.1, -0.05) is 30.8 Å². The summed E-state index contributed by atoms with van der Waals surface area (Å²) in [5.41, 5.74) is 2.81. The van der Waals surface area contributed by atoms with Crippen LogP contribution in [0.5, 0.6) is 0 Å². The highest BCUT2D eigenvalue weighted by atomic mass is 16.2. The van der Waals surface area contributed by atoms with Gasteiger partial charge in [0, 0.05) is 24.3 Å². The third-order valence-electron chi connectivity index (χ3n) is 4.54. The fourth-order valence-electron chi connectivity index (χ4n) is 3.14. The lowest BCUT2D eigenvalue weighted by Crippen LogP contribution is -2.52. The largest absolute Gasteiger partial charge is 0.352 e. The van der Waals surface area contributed by atoms with Crippen molar-refractivity contribution in [2.45, 2.75) is 13.0 Å². The average Bonchev–Trinajstić information content (AvgIpc) is 2.68. The molecule has 0 saturated carbocycles. The molecule has 138 valence electrons. The van der Waals surface area contributed by atoms with E-state index in [1.807, 2.05) is 31.2 Å². The number of anilines is 1. The Morgan fingerprint density at radius 1 is 1.19 bits per heavy atom. The number of rotatable bonds is 4. The first-order valence-electron chi connectivity index (χ1n) is 8.69. The second-order valence-electron chi connectivity index (χ2n) is 6.32. The van der Waals surface area contributed by atoms with Gasteiger partial charge in [0.2, 0.25) is 11.8 Å². The molecule has 0 bridgehead atoms. The molecule has 3 amide bonds. The minimum Gasteiger partial charge on any atom is -0.352 e. The quantitative estimate of drug-likeness (QED) is 0.819. The summed E-state index contributed by atoms with van der Waals surface area (Å²) in [5.74, 6) is -0.722. The monoisotopic (exact) mass is 363 g/mol. The van der Waals surface area contributed by atoms with E-state index in [0.717, 1.165) is 11.1 Å². The Labute approximate surface area is 157 Å². The molecule has 6 nitrogen and oxygen atoms in total. The first kappa shape index (κ1) is 18.4. The molecule has 3 rings (SSSR count). The van der Waals surface area contributed by atoms with E-state index in [4.69, 9.17) is 0 Å². The Hall–Kier alpha value is -3.41. The molecule has 0 aliphatic carbocycles. The van der Waals surface area contributed by atoms with Gasteiger partial charge in [0.1, 0.15) is 6.04 Å². The summed E-state index contributed by atoms with van der Waals surface area (Å²) < 4.78 is 0. The van der Waals surface area contributed by atoms with E-state index in [1.165, 1.54) is 6.08 Å². The molecule has 1 saturated heterocycles. The highest BCUT2D eigenvalue weighted by molar-refractivity contribution is 6.01. The third-order valence-corrected chi connectivity index (χ3v) is 4.54. The molecule has 0 radical (unpaired) electrons. The SMILES string of the molecule is C=CC(=O)Nc1ccc(C(=O)N2CCNC(=O)C2c2ccccc2C)cc1. The molecule has 1 heterocycles. The van der Waals surface area contributed by atoms with E-state index in [-0.39, 0.29) is 17.7 Å². The number of amides is 3. The Balaban J connectivity index is 1.87. The van der Waals surface area contributed by atoms with Gasteiger partial charge < -0.3 is 15.5 Å². The fourth-order valence-corrected chi connectivity index (χ4v) is 3.14. The predicted octanol–water partition coefficient (Wildman–Crippen LogP) is 2.43. The zero-order valence-corrected chi connectivity index (χ0v) is 15.1. The van der Waals surface area contributed by atoms with Crippen molar-refractivity contribution in [2.75, 3.05) is 18.4 Å². The van der Waals surface area contributed by atoms with Gasteiger partial charge in [-0.2, -0.15) is 0 Å². The van der Waals surface area contributed by atoms with Gasteiger partial charge in [-0.25, -0.2) is 0 Å². The lowest BCUT2D eigenvalue weighted by atomic mass is 9.97. The number of nitrogens with one attached hydrogen (secondary N) is 2. The summed E-state index contributed by atoms with van der Waals surface area (Å²) in [5, 5.41) is 5.48. The van der Waals surface area contributed by atoms with Crippen molar-refractivity contribution in [1.82, 2.24) is 10.2 Å². The van der Waals surface area contributed by atoms with Gasteiger partial charge in [-0.3, -0.25) is 14.4 Å². The van der Waals surface area contributed by atoms with E-state index in [2.05, 4.69) is 17.2 Å². The lowest BCUT2D eigenvalue weighted by molar-refractivity contribution is -0.128. The predicted molar refractivity (Wildman–Crippen MR) is 103 cm³/mol. The Bertz CT molecular complexity index is 890. The van der Waals surface area contributed by atoms with Crippen LogP contribution in [0.15, 0.2) is 61.2 Å². The number of benzene rings is 2. The number of carbonyl (C=O) groups is 3. The third kappa shape index (κ3) is 3.89. The maximum atomic E-state index is 13.1. The molecule has 1 fully saturated rings. The minimum absolute atomic E-state index is 0.182. The molecular weight excluding hydrogens is 342 g/mol. The average molecular weight is 363 g/mol. The van der Waals surface area contributed by atoms with Crippen molar-refractivity contribution in [2.24, 2.45) is 0 Å². The van der Waals surface area contributed by atoms with Gasteiger partial charge in [-0.15, -0.1) is 0 Å². The zero-order valence-electron chi connectivity index (χ0n) is 15.1. The molecule has 0 spiro atoms. The van der Waals surface area contributed by atoms with Crippen LogP contribution < -0.4 is 10.6 Å². The molecular formula is C21H21N3O3. The fraction of sp³-hybridized carbons (Fsp3) is 0.190. The molecule has 1 atom stereocenters. The van der Waals surface area contributed by atoms with Crippen LogP contribution in [0.4, 0.5) is 5.69 Å². The summed E-state index contributed by atoms with van der Waals surface area (Å²) in [4.78, 5) is 38.6. The Morgan fingerprint density at radius 2 is 1.89 bits per heavy atom. The molecule has 1 unspecified atom stereocenters. The van der Waals surface area contributed by atoms with Gasteiger partial charge in [-0.05, 0) is 48.4 Å². The number of piperazine rings is 1. The van der Waals surface area contributed by atoms with Crippen LogP contribution in [-0.2, 0) is 9.59 Å². The number of aryl methyl sites for hydroxylation is 1. The summed E-state index contributed by atoms with van der Waals surface area (Å²) in [6.07, 6.45) is 1.18. The highest BCUT2D eigenvalue weighted by Gasteiger charge is 2.35. The molecule has 1 aliphatic heterocycles. The first-order valence-corrected chi connectivity index (χ1v) is 8.69. The van der Waals surface area contributed by atoms with Crippen molar-refractivity contribution in [3.63, 3.8) is 0 Å². The van der Waals surface area contributed by atoms with E-state index in [1.54, 1.807) is 29.2 Å². The molecule has 0 aromatic heterocycles. The van der Waals surface area contributed by atoms with Crippen LogP contribution in [-0.4, -0.2) is 35.7 Å². The highest BCUT2D eigenvalue weighted by Crippen LogP contribution is 2.27. The van der Waals surface area contributed by atoms with Crippen molar-refractivity contribution >= 4 is 23.4 Å². The Kier molecular flexibility index (Phi) is 5.35. The van der Waals surface area contributed by atoms with E-state index in [9.17, 15) is 14.4 Å². The molecule has 27 heavy (non-hydrogen) atoms. The summed E-state index contributed by atoms with van der Waals surface area (Å²) in [6.45, 7) is 6.18. The summed E-state index contributed by atoms with van der Waals surface area (Å²) in [6, 6.07) is 13.5. The van der Waals surface area contributed by atoms with Gasteiger partial charge in [0.05, 0.1) is 0 Å². The molecule has 2 N–H and O–H groups in total. The van der Waals surface area contributed by atoms with E-state index in [0.29, 0.717) is 24.3 Å². The summed E-state index contributed by atoms with van der Waals surface area (Å²) in [7, 11) is 0. The van der Waals surface area contributed by atoms with Crippen LogP contribution in [0.2, 0.25) is 0 Å². The van der Waals surface area contributed by atoms with Gasteiger partial charge in [0.15, 0.2) is 0 Å². The van der Waals surface area contributed by atoms with E-state index < -0.39 is 6.04 Å². The minimum atomic E-state index is -0.660. The molecule has 2 aromatic rings. The lowest BCUT2D eigenvalue weighted by Gasteiger charge is -2.36. The van der Waals surface area contributed by atoms with Gasteiger partial charge >= 0.3 is 0 Å².